The molecule has 0 aromatic heterocycles. The van der Waals surface area contributed by atoms with Crippen molar-refractivity contribution in [2.24, 2.45) is 0 Å². The zero-order valence-electron chi connectivity index (χ0n) is 16.7. The van der Waals surface area contributed by atoms with Crippen LogP contribution in [0.15, 0.2) is 22.7 Å². The van der Waals surface area contributed by atoms with E-state index in [2.05, 4.69) is 36.7 Å². The van der Waals surface area contributed by atoms with Crippen LogP contribution in [0.3, 0.4) is 0 Å². The topological polar surface area (TPSA) is 76.1 Å². The zero-order valence-corrected chi connectivity index (χ0v) is 18.3. The van der Waals surface area contributed by atoms with E-state index >= 15 is 0 Å². The Bertz CT molecular complexity index is 720. The first-order chi connectivity index (χ1) is 12.3. The van der Waals surface area contributed by atoms with Gasteiger partial charge in [0.05, 0.1) is 6.54 Å². The second-order valence-corrected chi connectivity index (χ2v) is 9.77. The lowest BCUT2D eigenvalue weighted by Gasteiger charge is -2.27. The van der Waals surface area contributed by atoms with Crippen LogP contribution in [0.2, 0.25) is 0 Å². The van der Waals surface area contributed by atoms with E-state index < -0.39 is 29.8 Å². The molecule has 7 heteroatoms. The highest BCUT2D eigenvalue weighted by Gasteiger charge is 2.43. The lowest BCUT2D eigenvalue weighted by atomic mass is 9.86. The van der Waals surface area contributed by atoms with Gasteiger partial charge in [0.1, 0.15) is 23.5 Å². The normalized spacial score (nSPS) is 20.5. The summed E-state index contributed by atoms with van der Waals surface area (Å²) in [6.07, 6.45) is -0.831. The van der Waals surface area contributed by atoms with E-state index in [9.17, 15) is 14.7 Å². The number of nitrogens with zero attached hydrogens (tertiary/aromatic N) is 1. The summed E-state index contributed by atoms with van der Waals surface area (Å²) in [5.41, 5.74) is 0.179. The molecule has 1 saturated heterocycles. The average molecular weight is 442 g/mol. The van der Waals surface area contributed by atoms with E-state index in [1.54, 1.807) is 20.8 Å². The van der Waals surface area contributed by atoms with Crippen LogP contribution in [0.5, 0.6) is 5.75 Å². The molecule has 1 aromatic rings. The molecule has 1 fully saturated rings. The van der Waals surface area contributed by atoms with Crippen LogP contribution in [0.25, 0.3) is 0 Å². The number of ether oxygens (including phenoxy) is 2. The Labute approximate surface area is 169 Å². The molecule has 27 heavy (non-hydrogen) atoms. The third-order valence-corrected chi connectivity index (χ3v) is 4.71. The summed E-state index contributed by atoms with van der Waals surface area (Å²) in [5, 5.41) is 9.52. The first-order valence-electron chi connectivity index (χ1n) is 8.97. The summed E-state index contributed by atoms with van der Waals surface area (Å²) < 4.78 is 12.5. The zero-order chi connectivity index (χ0) is 20.6. The highest BCUT2D eigenvalue weighted by Crippen LogP contribution is 2.35. The summed E-state index contributed by atoms with van der Waals surface area (Å²) in [6.45, 7) is 11.7. The van der Waals surface area contributed by atoms with Gasteiger partial charge >= 0.3 is 12.1 Å². The highest BCUT2D eigenvalue weighted by molar-refractivity contribution is 9.10. The monoisotopic (exact) mass is 441 g/mol. The number of hydrogen-bond acceptors (Lipinski definition) is 4. The molecular weight excluding hydrogens is 414 g/mol. The molecule has 2 unspecified atom stereocenters. The Balaban J connectivity index is 2.22. The van der Waals surface area contributed by atoms with Crippen LogP contribution in [0.1, 0.15) is 53.5 Å². The quantitative estimate of drug-likeness (QED) is 0.741. The molecule has 0 aliphatic carbocycles. The van der Waals surface area contributed by atoms with Crippen molar-refractivity contribution in [3.05, 3.63) is 28.2 Å². The molecule has 1 aliphatic rings. The van der Waals surface area contributed by atoms with Crippen molar-refractivity contribution >= 4 is 28.0 Å². The average Bonchev–Trinajstić information content (AvgIpc) is 2.90. The molecule has 2 rings (SSSR count). The van der Waals surface area contributed by atoms with Crippen LogP contribution >= 0.6 is 15.9 Å². The van der Waals surface area contributed by atoms with Crippen LogP contribution in [0.4, 0.5) is 4.79 Å². The number of halogens is 1. The number of carboxylic acids is 1. The number of rotatable bonds is 3. The summed E-state index contributed by atoms with van der Waals surface area (Å²) in [5.74, 6) is -0.357. The predicted molar refractivity (Wildman–Crippen MR) is 106 cm³/mol. The minimum atomic E-state index is -1.06. The molecule has 0 spiro atoms. The van der Waals surface area contributed by atoms with E-state index in [4.69, 9.17) is 9.47 Å². The largest absolute Gasteiger partial charge is 0.488 e. The minimum Gasteiger partial charge on any atom is -0.488 e. The summed E-state index contributed by atoms with van der Waals surface area (Å²) >= 11 is 3.48. The Morgan fingerprint density at radius 1 is 1.19 bits per heavy atom. The van der Waals surface area contributed by atoms with Gasteiger partial charge in [-0.2, -0.15) is 0 Å². The molecule has 1 amide bonds. The van der Waals surface area contributed by atoms with E-state index in [1.165, 1.54) is 4.90 Å². The predicted octanol–water partition coefficient (Wildman–Crippen LogP) is 4.59. The molecule has 1 N–H and O–H groups in total. The molecule has 150 valence electrons. The Kier molecular flexibility index (Phi) is 6.14. The maximum Gasteiger partial charge on any atom is 0.411 e. The van der Waals surface area contributed by atoms with Crippen LogP contribution in [-0.2, 0) is 14.9 Å². The van der Waals surface area contributed by atoms with Gasteiger partial charge in [-0.15, -0.1) is 0 Å². The molecule has 2 atom stereocenters. The smallest absolute Gasteiger partial charge is 0.411 e. The van der Waals surface area contributed by atoms with Crippen molar-refractivity contribution < 1.29 is 24.2 Å². The van der Waals surface area contributed by atoms with Crippen molar-refractivity contribution in [1.82, 2.24) is 4.90 Å². The fourth-order valence-electron chi connectivity index (χ4n) is 3.01. The third kappa shape index (κ3) is 5.61. The van der Waals surface area contributed by atoms with Crippen LogP contribution in [-0.4, -0.2) is 46.4 Å². The Morgan fingerprint density at radius 2 is 1.81 bits per heavy atom. The number of carbonyl (C=O) groups excluding carboxylic acids is 1. The number of likely N-dealkylation sites (tertiary alicyclic amines) is 1. The van der Waals surface area contributed by atoms with Crippen molar-refractivity contribution in [3.8, 4) is 5.75 Å². The van der Waals surface area contributed by atoms with E-state index in [1.807, 2.05) is 18.2 Å². The maximum atomic E-state index is 12.4. The Morgan fingerprint density at radius 3 is 2.33 bits per heavy atom. The summed E-state index contributed by atoms with van der Waals surface area (Å²) in [7, 11) is 0. The van der Waals surface area contributed by atoms with Crippen molar-refractivity contribution in [2.45, 2.75) is 71.1 Å². The minimum absolute atomic E-state index is 0.144. The van der Waals surface area contributed by atoms with Crippen molar-refractivity contribution in [1.29, 1.82) is 0 Å². The van der Waals surface area contributed by atoms with E-state index in [-0.39, 0.29) is 18.4 Å². The molecule has 1 heterocycles. The number of carboxylic acid groups (broad SMARTS) is 1. The van der Waals surface area contributed by atoms with Crippen LogP contribution in [0, 0.1) is 0 Å². The van der Waals surface area contributed by atoms with Gasteiger partial charge in [-0.3, -0.25) is 4.90 Å². The van der Waals surface area contributed by atoms with Gasteiger partial charge < -0.3 is 14.6 Å². The summed E-state index contributed by atoms with van der Waals surface area (Å²) in [6, 6.07) is 4.81. The number of aliphatic carboxylic acids is 1. The van der Waals surface area contributed by atoms with Gasteiger partial charge in [-0.05, 0) is 44.4 Å². The number of amides is 1. The SMILES string of the molecule is CC(C)(C)OC(=O)N1CC(Oc2ccc(Br)cc2C(C)(C)C)CC1C(=O)O. The second kappa shape index (κ2) is 7.70. The third-order valence-electron chi connectivity index (χ3n) is 4.22. The summed E-state index contributed by atoms with van der Waals surface area (Å²) in [4.78, 5) is 25.3. The molecule has 0 bridgehead atoms. The van der Waals surface area contributed by atoms with Gasteiger partial charge in [-0.25, -0.2) is 9.59 Å². The molecule has 0 radical (unpaired) electrons. The van der Waals surface area contributed by atoms with Gasteiger partial charge in [0.2, 0.25) is 0 Å². The van der Waals surface area contributed by atoms with Gasteiger partial charge in [0.25, 0.3) is 0 Å². The van der Waals surface area contributed by atoms with E-state index in [0.717, 1.165) is 10.0 Å². The molecule has 0 saturated carbocycles. The molecule has 6 nitrogen and oxygen atoms in total. The van der Waals surface area contributed by atoms with Crippen molar-refractivity contribution in [3.63, 3.8) is 0 Å². The maximum absolute atomic E-state index is 12.4. The standard InChI is InChI=1S/C20H28BrNO5/c1-19(2,3)14-9-12(21)7-8-16(14)26-13-10-15(17(23)24)22(11-13)18(25)27-20(4,5)6/h7-9,13,15H,10-11H2,1-6H3,(H,23,24). The van der Waals surface area contributed by atoms with Gasteiger partial charge in [0.15, 0.2) is 0 Å². The number of carbonyl (C=O) groups is 2. The lowest BCUT2D eigenvalue weighted by Crippen LogP contribution is -2.43. The molecule has 1 aromatic carbocycles. The second-order valence-electron chi connectivity index (χ2n) is 8.85. The van der Waals surface area contributed by atoms with Gasteiger partial charge in [-0.1, -0.05) is 36.7 Å². The molecule has 1 aliphatic heterocycles. The van der Waals surface area contributed by atoms with Gasteiger partial charge in [0, 0.05) is 16.5 Å². The fourth-order valence-corrected chi connectivity index (χ4v) is 3.37. The lowest BCUT2D eigenvalue weighted by molar-refractivity contribution is -0.142. The van der Waals surface area contributed by atoms with E-state index in [0.29, 0.717) is 5.75 Å². The number of benzene rings is 1. The first kappa shape index (κ1) is 21.5. The fraction of sp³-hybridized carbons (Fsp3) is 0.600. The highest BCUT2D eigenvalue weighted by atomic mass is 79.9. The molecular formula is C20H28BrNO5. The first-order valence-corrected chi connectivity index (χ1v) is 9.76. The van der Waals surface area contributed by atoms with Crippen LogP contribution < -0.4 is 4.74 Å². The number of hydrogen-bond donors (Lipinski definition) is 1. The van der Waals surface area contributed by atoms with Crippen molar-refractivity contribution in [2.75, 3.05) is 6.54 Å². The Hall–Kier alpha value is -1.76.